The van der Waals surface area contributed by atoms with Crippen molar-refractivity contribution < 1.29 is 19.0 Å². The van der Waals surface area contributed by atoms with Gasteiger partial charge in [-0.25, -0.2) is 9.79 Å². The van der Waals surface area contributed by atoms with Crippen LogP contribution in [0.25, 0.3) is 11.8 Å². The highest BCUT2D eigenvalue weighted by atomic mass is 35.5. The third kappa shape index (κ3) is 6.93. The number of benzene rings is 4. The smallest absolute Gasteiger partial charge is 0.338 e. The van der Waals surface area contributed by atoms with Crippen LogP contribution >= 0.6 is 34.7 Å². The summed E-state index contributed by atoms with van der Waals surface area (Å²) in [5.41, 5.74) is 3.81. The Hall–Kier alpha value is -4.57. The Morgan fingerprint density at radius 3 is 2.43 bits per heavy atom. The number of thioether (sulfide) groups is 1. The average Bonchev–Trinajstić information content (AvgIpc) is 3.41. The Bertz CT molecular complexity index is 2120. The maximum atomic E-state index is 14.2. The Labute approximate surface area is 285 Å². The maximum absolute atomic E-state index is 14.2. The van der Waals surface area contributed by atoms with Crippen LogP contribution in [0.4, 0.5) is 0 Å². The number of hydrogen-bond donors (Lipinski definition) is 0. The molecule has 1 aromatic heterocycles. The van der Waals surface area contributed by atoms with Crippen LogP contribution in [0.1, 0.15) is 35.2 Å². The van der Waals surface area contributed by atoms with Gasteiger partial charge >= 0.3 is 5.97 Å². The molecule has 1 atom stereocenters. The van der Waals surface area contributed by atoms with E-state index < -0.39 is 12.0 Å². The standard InChI is InChI=1S/C37H31ClN2O5S2/c1-4-44-36(42)32-33(25-8-6-5-7-9-25)39-37-40(34(32)26-13-17-28(46-3)18-14-26)35(41)31(47-37)21-24-12-19-29(30(20-24)43-2)45-22-23-10-15-27(38)16-11-23/h5-21,34H,4,22H2,1-3H3/b31-21-. The minimum atomic E-state index is -0.739. The molecule has 5 aromatic rings. The van der Waals surface area contributed by atoms with Crippen LogP contribution in [-0.2, 0) is 16.1 Å². The zero-order valence-electron chi connectivity index (χ0n) is 25.9. The molecule has 0 bridgehead atoms. The molecule has 0 amide bonds. The topological polar surface area (TPSA) is 79.1 Å². The van der Waals surface area contributed by atoms with E-state index in [0.717, 1.165) is 27.1 Å². The molecule has 1 aliphatic heterocycles. The lowest BCUT2D eigenvalue weighted by molar-refractivity contribution is -0.138. The fraction of sp³-hybridized carbons (Fsp3) is 0.162. The number of ether oxygens (including phenoxy) is 3. The first kappa shape index (κ1) is 32.4. The summed E-state index contributed by atoms with van der Waals surface area (Å²) in [6.07, 6.45) is 3.81. The van der Waals surface area contributed by atoms with Gasteiger partial charge in [-0.15, -0.1) is 11.8 Å². The normalized spacial score (nSPS) is 14.4. The molecule has 0 aliphatic carbocycles. The molecule has 6 rings (SSSR count). The minimum absolute atomic E-state index is 0.189. The van der Waals surface area contributed by atoms with Crippen LogP contribution in [0.15, 0.2) is 117 Å². The summed E-state index contributed by atoms with van der Waals surface area (Å²) >= 11 is 8.90. The summed E-state index contributed by atoms with van der Waals surface area (Å²) in [4.78, 5) is 34.4. The first-order chi connectivity index (χ1) is 22.9. The van der Waals surface area contributed by atoms with E-state index >= 15 is 0 Å². The van der Waals surface area contributed by atoms with Crippen molar-refractivity contribution in [3.05, 3.63) is 150 Å². The van der Waals surface area contributed by atoms with E-state index in [0.29, 0.717) is 43.7 Å². The lowest BCUT2D eigenvalue weighted by atomic mass is 9.93. The number of fused-ring (bicyclic) bond motifs is 1. The molecule has 0 radical (unpaired) electrons. The van der Waals surface area contributed by atoms with Gasteiger partial charge in [-0.2, -0.15) is 0 Å². The van der Waals surface area contributed by atoms with Crippen molar-refractivity contribution in [1.29, 1.82) is 0 Å². The van der Waals surface area contributed by atoms with E-state index in [1.807, 2.05) is 103 Å². The van der Waals surface area contributed by atoms with E-state index in [4.69, 9.17) is 30.8 Å². The molecule has 0 fully saturated rings. The SMILES string of the molecule is CCOC(=O)C1=C(c2ccccc2)N=c2s/c(=C\c3ccc(OCc4ccc(Cl)cc4)c(OC)c3)c(=O)n2C1c1ccc(SC)cc1. The molecule has 1 unspecified atom stereocenters. The van der Waals surface area contributed by atoms with E-state index in [-0.39, 0.29) is 12.2 Å². The molecule has 0 saturated carbocycles. The first-order valence-electron chi connectivity index (χ1n) is 14.9. The van der Waals surface area contributed by atoms with E-state index in [1.54, 1.807) is 36.4 Å². The number of aromatic nitrogens is 1. The Kier molecular flexibility index (Phi) is 9.96. The van der Waals surface area contributed by atoms with Gasteiger partial charge in [0.15, 0.2) is 16.3 Å². The molecule has 0 saturated heterocycles. The molecule has 10 heteroatoms. The minimum Gasteiger partial charge on any atom is -0.493 e. The summed E-state index contributed by atoms with van der Waals surface area (Å²) in [5, 5.41) is 0.661. The first-order valence-corrected chi connectivity index (χ1v) is 17.3. The summed E-state index contributed by atoms with van der Waals surface area (Å²) in [5.74, 6) is 0.590. The fourth-order valence-electron chi connectivity index (χ4n) is 5.33. The van der Waals surface area contributed by atoms with Crippen LogP contribution in [0, 0.1) is 0 Å². The molecule has 238 valence electrons. The number of nitrogens with zero attached hydrogens (tertiary/aromatic N) is 2. The number of thiazole rings is 1. The molecule has 47 heavy (non-hydrogen) atoms. The lowest BCUT2D eigenvalue weighted by Crippen LogP contribution is -2.40. The number of rotatable bonds is 10. The highest BCUT2D eigenvalue weighted by Gasteiger charge is 2.35. The quantitative estimate of drug-likeness (QED) is 0.118. The molecular weight excluding hydrogens is 652 g/mol. The van der Waals surface area contributed by atoms with E-state index in [1.165, 1.54) is 11.3 Å². The zero-order chi connectivity index (χ0) is 32.9. The van der Waals surface area contributed by atoms with Gasteiger partial charge in [0.25, 0.3) is 5.56 Å². The van der Waals surface area contributed by atoms with Gasteiger partial charge in [0.1, 0.15) is 6.61 Å². The highest BCUT2D eigenvalue weighted by molar-refractivity contribution is 7.98. The van der Waals surface area contributed by atoms with Crippen molar-refractivity contribution in [1.82, 2.24) is 4.57 Å². The van der Waals surface area contributed by atoms with Crippen molar-refractivity contribution in [2.24, 2.45) is 4.99 Å². The van der Waals surface area contributed by atoms with E-state index in [2.05, 4.69) is 0 Å². The molecule has 1 aliphatic rings. The number of carbonyl (C=O) groups is 1. The number of hydrogen-bond acceptors (Lipinski definition) is 8. The Morgan fingerprint density at radius 2 is 1.74 bits per heavy atom. The maximum Gasteiger partial charge on any atom is 0.338 e. The third-order valence-corrected chi connectivity index (χ3v) is 9.58. The number of esters is 1. The number of carbonyl (C=O) groups excluding carboxylic acids is 1. The van der Waals surface area contributed by atoms with Crippen LogP contribution in [-0.4, -0.2) is 30.5 Å². The molecule has 2 heterocycles. The Balaban J connectivity index is 1.46. The Morgan fingerprint density at radius 1 is 1.00 bits per heavy atom. The second kappa shape index (κ2) is 14.5. The summed E-state index contributed by atoms with van der Waals surface area (Å²) < 4.78 is 19.3. The summed E-state index contributed by atoms with van der Waals surface area (Å²) in [7, 11) is 1.58. The van der Waals surface area contributed by atoms with E-state index in [9.17, 15) is 9.59 Å². The number of methoxy groups -OCH3 is 1. The highest BCUT2D eigenvalue weighted by Crippen LogP contribution is 2.36. The predicted octanol–water partition coefficient (Wildman–Crippen LogP) is 6.90. The van der Waals surface area contributed by atoms with Gasteiger partial charge in [0.2, 0.25) is 0 Å². The molecule has 0 N–H and O–H groups in total. The summed E-state index contributed by atoms with van der Waals surface area (Å²) in [6.45, 7) is 2.30. The van der Waals surface area contributed by atoms with Gasteiger partial charge in [-0.05, 0) is 72.3 Å². The second-order valence-corrected chi connectivity index (χ2v) is 12.9. The van der Waals surface area contributed by atoms with Crippen molar-refractivity contribution in [3.63, 3.8) is 0 Å². The van der Waals surface area contributed by atoms with Crippen LogP contribution < -0.4 is 24.4 Å². The zero-order valence-corrected chi connectivity index (χ0v) is 28.3. The lowest BCUT2D eigenvalue weighted by Gasteiger charge is -2.26. The second-order valence-electron chi connectivity index (χ2n) is 10.5. The largest absolute Gasteiger partial charge is 0.493 e. The molecule has 0 spiro atoms. The van der Waals surface area contributed by atoms with Crippen molar-refractivity contribution >= 4 is 52.4 Å². The van der Waals surface area contributed by atoms with Crippen LogP contribution in [0.2, 0.25) is 5.02 Å². The average molecular weight is 683 g/mol. The van der Waals surface area contributed by atoms with Gasteiger partial charge in [0.05, 0.1) is 35.6 Å². The van der Waals surface area contributed by atoms with Crippen molar-refractivity contribution in [3.8, 4) is 11.5 Å². The van der Waals surface area contributed by atoms with Crippen LogP contribution in [0.3, 0.4) is 0 Å². The molecule has 4 aromatic carbocycles. The van der Waals surface area contributed by atoms with Gasteiger partial charge in [0, 0.05) is 15.5 Å². The monoisotopic (exact) mass is 682 g/mol. The summed E-state index contributed by atoms with van der Waals surface area (Å²) in [6, 6.07) is 29.6. The van der Waals surface area contributed by atoms with Crippen molar-refractivity contribution in [2.75, 3.05) is 20.0 Å². The van der Waals surface area contributed by atoms with Crippen LogP contribution in [0.5, 0.6) is 11.5 Å². The van der Waals surface area contributed by atoms with Crippen molar-refractivity contribution in [2.45, 2.75) is 24.5 Å². The predicted molar refractivity (Wildman–Crippen MR) is 188 cm³/mol. The fourth-order valence-corrected chi connectivity index (χ4v) is 6.86. The molecular formula is C37H31ClN2O5S2. The van der Waals surface area contributed by atoms with Gasteiger partial charge in [-0.1, -0.05) is 83.6 Å². The molecule has 7 nitrogen and oxygen atoms in total. The number of halogens is 1. The van der Waals surface area contributed by atoms with Gasteiger partial charge < -0.3 is 14.2 Å². The third-order valence-electron chi connectivity index (χ3n) is 7.60. The van der Waals surface area contributed by atoms with Gasteiger partial charge in [-0.3, -0.25) is 9.36 Å².